The first-order valence-corrected chi connectivity index (χ1v) is 8.33. The van der Waals surface area contributed by atoms with Crippen molar-refractivity contribution in [2.24, 2.45) is 5.92 Å². The largest absolute Gasteiger partial charge is 0.378 e. The lowest BCUT2D eigenvalue weighted by Crippen LogP contribution is -2.49. The van der Waals surface area contributed by atoms with Gasteiger partial charge in [-0.05, 0) is 30.2 Å². The van der Waals surface area contributed by atoms with E-state index in [4.69, 9.17) is 0 Å². The Bertz CT molecular complexity index is 683. The second-order valence-corrected chi connectivity index (χ2v) is 6.27. The van der Waals surface area contributed by atoms with Crippen LogP contribution in [0.1, 0.15) is 38.8 Å². The molecule has 0 unspecified atom stereocenters. The first kappa shape index (κ1) is 15.6. The predicted octanol–water partition coefficient (Wildman–Crippen LogP) is 4.62. The fraction of sp³-hybridized carbons (Fsp3) is 0.350. The van der Waals surface area contributed by atoms with E-state index in [1.54, 1.807) is 6.92 Å². The number of hydrogen-bond acceptors (Lipinski definition) is 2. The van der Waals surface area contributed by atoms with Crippen LogP contribution in [0.5, 0.6) is 0 Å². The van der Waals surface area contributed by atoms with Crippen molar-refractivity contribution in [2.45, 2.75) is 39.3 Å². The molecule has 0 saturated carbocycles. The summed E-state index contributed by atoms with van der Waals surface area (Å²) in [5.74, 6) is 0.452. The topological polar surface area (TPSA) is 32.3 Å². The number of nitrogens with one attached hydrogen (secondary N) is 1. The Morgan fingerprint density at radius 3 is 2.39 bits per heavy atom. The van der Waals surface area contributed by atoms with Gasteiger partial charge >= 0.3 is 0 Å². The molecule has 0 saturated heterocycles. The lowest BCUT2D eigenvalue weighted by Gasteiger charge is -2.45. The van der Waals surface area contributed by atoms with Gasteiger partial charge in [0.05, 0.1) is 6.04 Å². The molecule has 1 amide bonds. The zero-order chi connectivity index (χ0) is 16.4. The molecular formula is C20H24N2O. The van der Waals surface area contributed by atoms with Crippen molar-refractivity contribution in [3.63, 3.8) is 0 Å². The van der Waals surface area contributed by atoms with Gasteiger partial charge in [0.25, 0.3) is 0 Å². The van der Waals surface area contributed by atoms with Crippen LogP contribution in [0.25, 0.3) is 0 Å². The van der Waals surface area contributed by atoms with E-state index in [0.717, 1.165) is 17.8 Å². The number of fused-ring (bicyclic) bond motifs is 1. The van der Waals surface area contributed by atoms with Crippen LogP contribution in [0, 0.1) is 5.92 Å². The number of para-hydroxylation sites is 2. The number of anilines is 2. The van der Waals surface area contributed by atoms with Crippen molar-refractivity contribution >= 4 is 17.3 Å². The summed E-state index contributed by atoms with van der Waals surface area (Å²) in [6.45, 7) is 6.06. The minimum atomic E-state index is 0.120. The molecule has 1 aliphatic rings. The van der Waals surface area contributed by atoms with Crippen LogP contribution < -0.4 is 10.2 Å². The molecule has 0 aliphatic carbocycles. The van der Waals surface area contributed by atoms with E-state index in [2.05, 4.69) is 49.5 Å². The highest BCUT2D eigenvalue weighted by atomic mass is 16.2. The van der Waals surface area contributed by atoms with E-state index in [1.165, 1.54) is 5.56 Å². The van der Waals surface area contributed by atoms with Gasteiger partial charge < -0.3 is 10.2 Å². The van der Waals surface area contributed by atoms with Gasteiger partial charge in [0.15, 0.2) is 0 Å². The number of hydrogen-bond donors (Lipinski definition) is 1. The fourth-order valence-electron chi connectivity index (χ4n) is 3.77. The zero-order valence-corrected chi connectivity index (χ0v) is 14.0. The van der Waals surface area contributed by atoms with E-state index in [9.17, 15) is 4.79 Å². The molecule has 3 nitrogen and oxygen atoms in total. The fourth-order valence-corrected chi connectivity index (χ4v) is 3.77. The molecular weight excluding hydrogens is 284 g/mol. The lowest BCUT2D eigenvalue weighted by molar-refractivity contribution is -0.117. The molecule has 0 aromatic heterocycles. The third kappa shape index (κ3) is 2.83. The molecule has 2 aromatic rings. The van der Waals surface area contributed by atoms with Crippen molar-refractivity contribution in [3.05, 3.63) is 60.2 Å². The third-order valence-corrected chi connectivity index (χ3v) is 4.85. The monoisotopic (exact) mass is 308 g/mol. The molecule has 3 heteroatoms. The van der Waals surface area contributed by atoms with Crippen molar-refractivity contribution in [1.29, 1.82) is 0 Å². The number of carbonyl (C=O) groups is 1. The highest BCUT2D eigenvalue weighted by Crippen LogP contribution is 2.43. The van der Waals surface area contributed by atoms with Crippen LogP contribution >= 0.6 is 0 Å². The molecule has 0 spiro atoms. The first-order chi connectivity index (χ1) is 11.1. The summed E-state index contributed by atoms with van der Waals surface area (Å²) in [4.78, 5) is 14.2. The summed E-state index contributed by atoms with van der Waals surface area (Å²) < 4.78 is 0. The number of nitrogens with zero attached hydrogens (tertiary/aromatic N) is 1. The van der Waals surface area contributed by atoms with Crippen LogP contribution in [0.2, 0.25) is 0 Å². The van der Waals surface area contributed by atoms with Gasteiger partial charge in [-0.15, -0.1) is 0 Å². The Kier molecular flexibility index (Phi) is 4.37. The summed E-state index contributed by atoms with van der Waals surface area (Å²) in [5.41, 5.74) is 3.35. The SMILES string of the molecule is CC[C@H]1[C@@H](C)[C@H](Nc2ccccc2)c2ccccc2N1C(C)=O. The molecule has 3 rings (SSSR count). The van der Waals surface area contributed by atoms with Gasteiger partial charge in [-0.1, -0.05) is 50.2 Å². The Morgan fingerprint density at radius 2 is 1.74 bits per heavy atom. The van der Waals surface area contributed by atoms with Crippen molar-refractivity contribution in [2.75, 3.05) is 10.2 Å². The third-order valence-electron chi connectivity index (χ3n) is 4.85. The molecule has 1 N–H and O–H groups in total. The second-order valence-electron chi connectivity index (χ2n) is 6.27. The van der Waals surface area contributed by atoms with Gasteiger partial charge in [0.1, 0.15) is 0 Å². The lowest BCUT2D eigenvalue weighted by atomic mass is 9.81. The van der Waals surface area contributed by atoms with Gasteiger partial charge in [-0.2, -0.15) is 0 Å². The highest BCUT2D eigenvalue weighted by Gasteiger charge is 2.39. The molecule has 23 heavy (non-hydrogen) atoms. The minimum absolute atomic E-state index is 0.120. The Hall–Kier alpha value is -2.29. The number of amides is 1. The van der Waals surface area contributed by atoms with Crippen LogP contribution in [-0.4, -0.2) is 11.9 Å². The van der Waals surface area contributed by atoms with Gasteiger partial charge in [-0.25, -0.2) is 0 Å². The summed E-state index contributed by atoms with van der Waals surface area (Å²) in [7, 11) is 0. The van der Waals surface area contributed by atoms with Crippen LogP contribution in [0.3, 0.4) is 0 Å². The van der Waals surface area contributed by atoms with Gasteiger partial charge in [0, 0.05) is 30.3 Å². The standard InChI is InChI=1S/C20H24N2O/c1-4-18-14(2)20(21-16-10-6-5-7-11-16)17-12-8-9-13-19(17)22(18)15(3)23/h5-14,18,20-21H,4H2,1-3H3/t14-,18+,20+/m1/s1. The molecule has 3 atom stereocenters. The summed E-state index contributed by atoms with van der Waals surface area (Å²) in [6.07, 6.45) is 0.946. The molecule has 1 aliphatic heterocycles. The zero-order valence-electron chi connectivity index (χ0n) is 14.0. The van der Waals surface area contributed by atoms with Crippen LogP contribution in [-0.2, 0) is 4.79 Å². The number of carbonyl (C=O) groups excluding carboxylic acids is 1. The molecule has 1 heterocycles. The van der Waals surface area contributed by atoms with Gasteiger partial charge in [-0.3, -0.25) is 4.79 Å². The van der Waals surface area contributed by atoms with Gasteiger partial charge in [0.2, 0.25) is 5.91 Å². The minimum Gasteiger partial charge on any atom is -0.378 e. The average molecular weight is 308 g/mol. The van der Waals surface area contributed by atoms with E-state index in [-0.39, 0.29) is 18.0 Å². The summed E-state index contributed by atoms with van der Waals surface area (Å²) in [5, 5.41) is 3.67. The Morgan fingerprint density at radius 1 is 1.09 bits per heavy atom. The molecule has 0 radical (unpaired) electrons. The highest BCUT2D eigenvalue weighted by molar-refractivity contribution is 5.94. The molecule has 120 valence electrons. The van der Waals surface area contributed by atoms with Crippen molar-refractivity contribution < 1.29 is 4.79 Å². The molecule has 0 bridgehead atoms. The van der Waals surface area contributed by atoms with E-state index in [0.29, 0.717) is 5.92 Å². The maximum Gasteiger partial charge on any atom is 0.224 e. The van der Waals surface area contributed by atoms with Crippen molar-refractivity contribution in [1.82, 2.24) is 0 Å². The average Bonchev–Trinajstić information content (AvgIpc) is 2.57. The number of rotatable bonds is 3. The smallest absolute Gasteiger partial charge is 0.224 e. The number of benzene rings is 2. The van der Waals surface area contributed by atoms with Crippen molar-refractivity contribution in [3.8, 4) is 0 Å². The quantitative estimate of drug-likeness (QED) is 0.897. The summed E-state index contributed by atoms with van der Waals surface area (Å²) in [6, 6.07) is 19.0. The molecule has 0 fully saturated rings. The Balaban J connectivity index is 2.05. The van der Waals surface area contributed by atoms with E-state index >= 15 is 0 Å². The summed E-state index contributed by atoms with van der Waals surface area (Å²) >= 11 is 0. The van der Waals surface area contributed by atoms with Crippen LogP contribution in [0.15, 0.2) is 54.6 Å². The normalized spacial score (nSPS) is 23.3. The van der Waals surface area contributed by atoms with E-state index < -0.39 is 0 Å². The maximum absolute atomic E-state index is 12.2. The predicted molar refractivity (Wildman–Crippen MR) is 95.7 cm³/mol. The maximum atomic E-state index is 12.2. The Labute approximate surface area is 138 Å². The van der Waals surface area contributed by atoms with E-state index in [1.807, 2.05) is 29.2 Å². The van der Waals surface area contributed by atoms with Crippen LogP contribution in [0.4, 0.5) is 11.4 Å². The first-order valence-electron chi connectivity index (χ1n) is 8.33. The molecule has 2 aromatic carbocycles. The second kappa shape index (κ2) is 6.45.